The summed E-state index contributed by atoms with van der Waals surface area (Å²) in [6.07, 6.45) is 5.33. The third-order valence-electron chi connectivity index (χ3n) is 2.90. The Hall–Kier alpha value is -1.09. The largest absolute Gasteiger partial charge is 0.366 e. The van der Waals surface area contributed by atoms with E-state index in [0.717, 1.165) is 18.7 Å². The maximum Gasteiger partial charge on any atom is 0.129 e. The molecule has 1 aliphatic carbocycles. The molecule has 1 heterocycles. The van der Waals surface area contributed by atoms with E-state index < -0.39 is 0 Å². The summed E-state index contributed by atoms with van der Waals surface area (Å²) in [4.78, 5) is 4.31. The van der Waals surface area contributed by atoms with Crippen molar-refractivity contribution in [2.24, 2.45) is 5.73 Å². The summed E-state index contributed by atoms with van der Waals surface area (Å²) < 4.78 is 0. The van der Waals surface area contributed by atoms with Gasteiger partial charge in [-0.25, -0.2) is 4.98 Å². The number of aromatic nitrogens is 1. The lowest BCUT2D eigenvalue weighted by atomic mass is 10.2. The molecule has 0 radical (unpaired) electrons. The molecule has 3 heteroatoms. The van der Waals surface area contributed by atoms with E-state index in [1.807, 2.05) is 12.3 Å². The maximum atomic E-state index is 5.99. The smallest absolute Gasteiger partial charge is 0.129 e. The van der Waals surface area contributed by atoms with Crippen molar-refractivity contribution in [3.63, 3.8) is 0 Å². The summed E-state index contributed by atoms with van der Waals surface area (Å²) in [5.74, 6) is 0.981. The Bertz CT molecular complexity index is 311. The van der Waals surface area contributed by atoms with Crippen molar-refractivity contribution >= 4 is 5.82 Å². The Morgan fingerprint density at radius 3 is 3.00 bits per heavy atom. The van der Waals surface area contributed by atoms with Crippen LogP contribution in [0.4, 0.5) is 5.82 Å². The van der Waals surface area contributed by atoms with Gasteiger partial charge in [-0.3, -0.25) is 0 Å². The topological polar surface area (TPSA) is 50.9 Å². The zero-order chi connectivity index (χ0) is 9.97. The van der Waals surface area contributed by atoms with Crippen LogP contribution >= 0.6 is 0 Å². The molecule has 0 spiro atoms. The number of pyridine rings is 1. The van der Waals surface area contributed by atoms with Gasteiger partial charge in [0.25, 0.3) is 0 Å². The number of hydrogen-bond acceptors (Lipinski definition) is 3. The number of hydrogen-bond donors (Lipinski definition) is 2. The molecule has 1 saturated carbocycles. The van der Waals surface area contributed by atoms with Gasteiger partial charge in [0.05, 0.1) is 0 Å². The van der Waals surface area contributed by atoms with Crippen molar-refractivity contribution in [1.82, 2.24) is 4.98 Å². The fraction of sp³-hybridized carbons (Fsp3) is 0.545. The Labute approximate surface area is 84.7 Å². The normalized spacial score (nSPS) is 26.4. The lowest BCUT2D eigenvalue weighted by molar-refractivity contribution is 0.635. The van der Waals surface area contributed by atoms with Crippen LogP contribution in [0.1, 0.15) is 24.8 Å². The third-order valence-corrected chi connectivity index (χ3v) is 2.90. The van der Waals surface area contributed by atoms with Crippen LogP contribution in [-0.4, -0.2) is 17.1 Å². The first-order chi connectivity index (χ1) is 6.77. The van der Waals surface area contributed by atoms with Crippen molar-refractivity contribution in [2.75, 3.05) is 5.32 Å². The average molecular weight is 191 g/mol. The van der Waals surface area contributed by atoms with E-state index in [9.17, 15) is 0 Å². The predicted octanol–water partition coefficient (Wildman–Crippen LogP) is 1.68. The minimum Gasteiger partial charge on any atom is -0.366 e. The molecule has 3 nitrogen and oxygen atoms in total. The van der Waals surface area contributed by atoms with Crippen molar-refractivity contribution in [3.8, 4) is 0 Å². The minimum absolute atomic E-state index is 0.288. The van der Waals surface area contributed by atoms with E-state index in [1.54, 1.807) is 0 Å². The van der Waals surface area contributed by atoms with Gasteiger partial charge in [-0.15, -0.1) is 0 Å². The van der Waals surface area contributed by atoms with E-state index in [1.165, 1.54) is 12.0 Å². The molecular weight excluding hydrogens is 174 g/mol. The standard InChI is InChI=1S/C11H17N3/c1-8-4-3-7-13-11(8)14-10-6-2-5-9(10)12/h3-4,7,9-10H,2,5-6,12H2,1H3,(H,13,14). The van der Waals surface area contributed by atoms with Gasteiger partial charge in [-0.1, -0.05) is 6.07 Å². The Morgan fingerprint density at radius 1 is 1.50 bits per heavy atom. The number of nitrogens with two attached hydrogens (primary N) is 1. The first-order valence-electron chi connectivity index (χ1n) is 5.21. The lowest BCUT2D eigenvalue weighted by Gasteiger charge is -2.18. The molecular formula is C11H17N3. The highest BCUT2D eigenvalue weighted by molar-refractivity contribution is 5.43. The second-order valence-corrected chi connectivity index (χ2v) is 4.01. The van der Waals surface area contributed by atoms with E-state index in [2.05, 4.69) is 23.3 Å². The number of nitrogens with zero attached hydrogens (tertiary/aromatic N) is 1. The highest BCUT2D eigenvalue weighted by Crippen LogP contribution is 2.21. The van der Waals surface area contributed by atoms with E-state index in [4.69, 9.17) is 5.73 Å². The van der Waals surface area contributed by atoms with Crippen molar-refractivity contribution in [1.29, 1.82) is 0 Å². The summed E-state index contributed by atoms with van der Waals surface area (Å²) in [5, 5.41) is 3.42. The second kappa shape index (κ2) is 3.96. The summed E-state index contributed by atoms with van der Waals surface area (Å²) in [6, 6.07) is 4.71. The van der Waals surface area contributed by atoms with Crippen molar-refractivity contribution in [2.45, 2.75) is 38.3 Å². The molecule has 0 saturated heterocycles. The molecule has 1 aromatic rings. The SMILES string of the molecule is Cc1cccnc1NC1CCCC1N. The van der Waals surface area contributed by atoms with Crippen molar-refractivity contribution in [3.05, 3.63) is 23.9 Å². The van der Waals surface area contributed by atoms with E-state index in [-0.39, 0.29) is 6.04 Å². The zero-order valence-electron chi connectivity index (χ0n) is 8.53. The fourth-order valence-electron chi connectivity index (χ4n) is 1.98. The third kappa shape index (κ3) is 1.87. The van der Waals surface area contributed by atoms with Crippen LogP contribution in [-0.2, 0) is 0 Å². The predicted molar refractivity (Wildman–Crippen MR) is 58.2 cm³/mol. The molecule has 0 aromatic carbocycles. The van der Waals surface area contributed by atoms with E-state index in [0.29, 0.717) is 6.04 Å². The zero-order valence-corrected chi connectivity index (χ0v) is 8.53. The molecule has 3 N–H and O–H groups in total. The van der Waals surface area contributed by atoms with Crippen LogP contribution in [0, 0.1) is 6.92 Å². The van der Waals surface area contributed by atoms with Crippen LogP contribution in [0.15, 0.2) is 18.3 Å². The molecule has 1 aromatic heterocycles. The first kappa shape index (κ1) is 9.46. The van der Waals surface area contributed by atoms with Gasteiger partial charge < -0.3 is 11.1 Å². The molecule has 1 fully saturated rings. The van der Waals surface area contributed by atoms with Gasteiger partial charge in [-0.2, -0.15) is 0 Å². The second-order valence-electron chi connectivity index (χ2n) is 4.01. The lowest BCUT2D eigenvalue weighted by Crippen LogP contribution is -2.35. The average Bonchev–Trinajstić information content (AvgIpc) is 2.56. The highest BCUT2D eigenvalue weighted by atomic mass is 15.0. The molecule has 0 aliphatic heterocycles. The fourth-order valence-corrected chi connectivity index (χ4v) is 1.98. The van der Waals surface area contributed by atoms with Gasteiger partial charge in [0, 0.05) is 18.3 Å². The van der Waals surface area contributed by atoms with Crippen LogP contribution < -0.4 is 11.1 Å². The Morgan fingerprint density at radius 2 is 2.36 bits per heavy atom. The monoisotopic (exact) mass is 191 g/mol. The van der Waals surface area contributed by atoms with Crippen LogP contribution in [0.3, 0.4) is 0 Å². The molecule has 2 atom stereocenters. The summed E-state index contributed by atoms with van der Waals surface area (Å²) in [6.45, 7) is 2.07. The van der Waals surface area contributed by atoms with Gasteiger partial charge in [0.1, 0.15) is 5.82 Å². The first-order valence-corrected chi connectivity index (χ1v) is 5.21. The van der Waals surface area contributed by atoms with Gasteiger partial charge in [0.15, 0.2) is 0 Å². The molecule has 2 rings (SSSR count). The molecule has 2 unspecified atom stereocenters. The molecule has 1 aliphatic rings. The van der Waals surface area contributed by atoms with Crippen LogP contribution in [0.2, 0.25) is 0 Å². The summed E-state index contributed by atoms with van der Waals surface area (Å²) >= 11 is 0. The number of aryl methyl sites for hydroxylation is 1. The highest BCUT2D eigenvalue weighted by Gasteiger charge is 2.23. The van der Waals surface area contributed by atoms with E-state index >= 15 is 0 Å². The van der Waals surface area contributed by atoms with Gasteiger partial charge >= 0.3 is 0 Å². The van der Waals surface area contributed by atoms with Crippen LogP contribution in [0.25, 0.3) is 0 Å². The molecule has 0 bridgehead atoms. The Kier molecular flexibility index (Phi) is 2.68. The number of anilines is 1. The van der Waals surface area contributed by atoms with Crippen LogP contribution in [0.5, 0.6) is 0 Å². The van der Waals surface area contributed by atoms with Gasteiger partial charge in [-0.05, 0) is 37.8 Å². The number of rotatable bonds is 2. The quantitative estimate of drug-likeness (QED) is 0.747. The summed E-state index contributed by atoms with van der Waals surface area (Å²) in [7, 11) is 0. The number of nitrogens with one attached hydrogen (secondary N) is 1. The van der Waals surface area contributed by atoms with Crippen molar-refractivity contribution < 1.29 is 0 Å². The molecule has 0 amide bonds. The maximum absolute atomic E-state index is 5.99. The minimum atomic E-state index is 0.288. The summed E-state index contributed by atoms with van der Waals surface area (Å²) in [5.41, 5.74) is 7.17. The van der Waals surface area contributed by atoms with Gasteiger partial charge in [0.2, 0.25) is 0 Å². The Balaban J connectivity index is 2.07. The molecule has 14 heavy (non-hydrogen) atoms. The molecule has 76 valence electrons.